The van der Waals surface area contributed by atoms with E-state index in [1.165, 1.54) is 5.56 Å². The van der Waals surface area contributed by atoms with Gasteiger partial charge in [-0.05, 0) is 41.3 Å². The fourth-order valence-electron chi connectivity index (χ4n) is 5.31. The number of phenols is 1. The van der Waals surface area contributed by atoms with Crippen LogP contribution in [0, 0.1) is 0 Å². The minimum atomic E-state index is 0.0439. The first kappa shape index (κ1) is 23.9. The van der Waals surface area contributed by atoms with Crippen molar-refractivity contribution in [2.75, 3.05) is 13.1 Å². The second-order valence-electron chi connectivity index (χ2n) is 10.00. The first-order valence-corrected chi connectivity index (χ1v) is 13.0. The number of aromatic hydroxyl groups is 1. The van der Waals surface area contributed by atoms with E-state index in [0.717, 1.165) is 64.9 Å². The summed E-state index contributed by atoms with van der Waals surface area (Å²) in [5, 5.41) is 15.3. The molecule has 0 bridgehead atoms. The topological polar surface area (TPSA) is 81.2 Å². The molecule has 0 radical (unpaired) electrons. The highest BCUT2D eigenvalue weighted by molar-refractivity contribution is 5.89. The number of hydrogen-bond acceptors (Lipinski definition) is 4. The fraction of sp³-hybridized carbons (Fsp3) is 0.188. The van der Waals surface area contributed by atoms with E-state index in [2.05, 4.69) is 44.5 Å². The van der Waals surface area contributed by atoms with Crippen LogP contribution in [0.3, 0.4) is 0 Å². The molecule has 1 amide bonds. The van der Waals surface area contributed by atoms with Crippen molar-refractivity contribution in [3.63, 3.8) is 0 Å². The lowest BCUT2D eigenvalue weighted by Gasteiger charge is -2.17. The number of aromatic amines is 1. The number of amides is 1. The molecule has 1 atom stereocenters. The minimum absolute atomic E-state index is 0.0439. The van der Waals surface area contributed by atoms with Crippen LogP contribution in [-0.2, 0) is 17.8 Å². The lowest BCUT2D eigenvalue weighted by molar-refractivity contribution is -0.121. The van der Waals surface area contributed by atoms with Gasteiger partial charge in [-0.3, -0.25) is 14.7 Å². The number of pyridine rings is 1. The van der Waals surface area contributed by atoms with Crippen LogP contribution >= 0.6 is 0 Å². The summed E-state index contributed by atoms with van der Waals surface area (Å²) in [4.78, 5) is 22.7. The van der Waals surface area contributed by atoms with Crippen LogP contribution in [0.15, 0.2) is 97.3 Å². The molecule has 1 aliphatic heterocycles. The molecule has 1 saturated heterocycles. The van der Waals surface area contributed by atoms with Crippen LogP contribution in [-0.4, -0.2) is 45.0 Å². The molecule has 3 heterocycles. The first-order chi connectivity index (χ1) is 18.6. The number of H-pyrrole nitrogens is 1. The molecular weight excluding hydrogens is 472 g/mol. The Labute approximate surface area is 222 Å². The van der Waals surface area contributed by atoms with Gasteiger partial charge < -0.3 is 15.4 Å². The summed E-state index contributed by atoms with van der Waals surface area (Å²) in [5.41, 5.74) is 6.45. The summed E-state index contributed by atoms with van der Waals surface area (Å²) in [6.45, 7) is 2.79. The van der Waals surface area contributed by atoms with Crippen LogP contribution in [0.5, 0.6) is 5.75 Å². The molecule has 1 aliphatic rings. The molecular formula is C32H30N4O2. The first-order valence-electron chi connectivity index (χ1n) is 13.0. The molecule has 0 saturated carbocycles. The molecule has 1 unspecified atom stereocenters. The van der Waals surface area contributed by atoms with E-state index in [-0.39, 0.29) is 17.7 Å². The third-order valence-electron chi connectivity index (χ3n) is 7.26. The predicted molar refractivity (Wildman–Crippen MR) is 151 cm³/mol. The Balaban J connectivity index is 1.09. The van der Waals surface area contributed by atoms with Crippen LogP contribution in [0.1, 0.15) is 17.5 Å². The lowest BCUT2D eigenvalue weighted by Crippen LogP contribution is -2.37. The van der Waals surface area contributed by atoms with Crippen molar-refractivity contribution in [2.24, 2.45) is 0 Å². The quantitative estimate of drug-likeness (QED) is 0.273. The highest BCUT2D eigenvalue weighted by Crippen LogP contribution is 2.38. The minimum Gasteiger partial charge on any atom is -0.507 e. The molecule has 3 aromatic carbocycles. The molecule has 6 rings (SSSR count). The van der Waals surface area contributed by atoms with Gasteiger partial charge in [-0.25, -0.2) is 0 Å². The molecule has 190 valence electrons. The van der Waals surface area contributed by atoms with Gasteiger partial charge in [-0.15, -0.1) is 0 Å². The maximum absolute atomic E-state index is 12.7. The smallest absolute Gasteiger partial charge is 0.224 e. The number of fused-ring (bicyclic) bond motifs is 1. The molecule has 2 aromatic heterocycles. The number of nitrogens with one attached hydrogen (secondary N) is 2. The second kappa shape index (κ2) is 10.5. The van der Waals surface area contributed by atoms with Crippen molar-refractivity contribution in [1.29, 1.82) is 0 Å². The van der Waals surface area contributed by atoms with Crippen LogP contribution in [0.2, 0.25) is 0 Å². The van der Waals surface area contributed by atoms with Gasteiger partial charge in [-0.1, -0.05) is 66.7 Å². The number of phenolic OH excluding ortho intramolecular Hbond substituents is 1. The number of para-hydroxylation sites is 1. The lowest BCUT2D eigenvalue weighted by atomic mass is 9.98. The molecule has 1 fully saturated rings. The Morgan fingerprint density at radius 2 is 1.79 bits per heavy atom. The van der Waals surface area contributed by atoms with Gasteiger partial charge in [0, 0.05) is 60.1 Å². The van der Waals surface area contributed by atoms with Crippen molar-refractivity contribution < 1.29 is 9.90 Å². The number of carbonyl (C=O) groups excluding carboxylic acids is 1. The molecule has 6 nitrogen and oxygen atoms in total. The normalized spacial score (nSPS) is 15.6. The van der Waals surface area contributed by atoms with E-state index in [4.69, 9.17) is 0 Å². The number of hydrogen-bond donors (Lipinski definition) is 3. The summed E-state index contributed by atoms with van der Waals surface area (Å²) in [5.74, 6) is 0.265. The Morgan fingerprint density at radius 3 is 2.61 bits per heavy atom. The van der Waals surface area contributed by atoms with Crippen molar-refractivity contribution in [3.05, 3.63) is 108 Å². The third kappa shape index (κ3) is 5.17. The standard InChI is InChI=1S/C32H30N4O2/c37-31(34-26-14-16-36(21-26)20-23-5-2-1-3-6-23)17-22-9-11-24(12-10-22)27-7-4-8-28(32(27)38)30-18-25-19-33-15-13-29(25)35-30/h1-13,15,18-19,26,35,38H,14,16-17,20-21H2,(H,34,37). The number of carbonyl (C=O) groups is 1. The zero-order valence-corrected chi connectivity index (χ0v) is 21.1. The van der Waals surface area contributed by atoms with Gasteiger partial charge in [0.1, 0.15) is 5.75 Å². The highest BCUT2D eigenvalue weighted by atomic mass is 16.3. The zero-order chi connectivity index (χ0) is 25.9. The van der Waals surface area contributed by atoms with Gasteiger partial charge in [0.25, 0.3) is 0 Å². The molecule has 3 N–H and O–H groups in total. The number of likely N-dealkylation sites (tertiary alicyclic amines) is 1. The zero-order valence-electron chi connectivity index (χ0n) is 21.1. The van der Waals surface area contributed by atoms with Crippen LogP contribution in [0.4, 0.5) is 0 Å². The van der Waals surface area contributed by atoms with Crippen LogP contribution < -0.4 is 5.32 Å². The highest BCUT2D eigenvalue weighted by Gasteiger charge is 2.24. The van der Waals surface area contributed by atoms with Crippen molar-refractivity contribution in [3.8, 4) is 28.1 Å². The van der Waals surface area contributed by atoms with E-state index in [9.17, 15) is 9.90 Å². The van der Waals surface area contributed by atoms with Crippen LogP contribution in [0.25, 0.3) is 33.3 Å². The van der Waals surface area contributed by atoms with Crippen molar-refractivity contribution in [1.82, 2.24) is 20.2 Å². The number of nitrogens with zero attached hydrogens (tertiary/aromatic N) is 2. The second-order valence-corrected chi connectivity index (χ2v) is 10.00. The average molecular weight is 503 g/mol. The maximum Gasteiger partial charge on any atom is 0.224 e. The summed E-state index contributed by atoms with van der Waals surface area (Å²) in [6.07, 6.45) is 4.86. The summed E-state index contributed by atoms with van der Waals surface area (Å²) >= 11 is 0. The van der Waals surface area contributed by atoms with E-state index in [1.54, 1.807) is 12.4 Å². The van der Waals surface area contributed by atoms with E-state index in [0.29, 0.717) is 6.42 Å². The van der Waals surface area contributed by atoms with Gasteiger partial charge in [-0.2, -0.15) is 0 Å². The molecule has 0 spiro atoms. The Bertz CT molecular complexity index is 1530. The van der Waals surface area contributed by atoms with Gasteiger partial charge in [0.15, 0.2) is 0 Å². The number of benzene rings is 3. The predicted octanol–water partition coefficient (Wildman–Crippen LogP) is 5.54. The molecule has 38 heavy (non-hydrogen) atoms. The Hall–Kier alpha value is -4.42. The average Bonchev–Trinajstić information content (AvgIpc) is 3.56. The molecule has 5 aromatic rings. The SMILES string of the molecule is O=C(Cc1ccc(-c2cccc(-c3cc4cnccc4[nH]3)c2O)cc1)NC1CCN(Cc2ccccc2)C1. The number of aromatic nitrogens is 2. The van der Waals surface area contributed by atoms with E-state index in [1.807, 2.05) is 60.7 Å². The molecule has 0 aliphatic carbocycles. The Kier molecular flexibility index (Phi) is 6.63. The maximum atomic E-state index is 12.7. The summed E-state index contributed by atoms with van der Waals surface area (Å²) in [6, 6.07) is 28.2. The Morgan fingerprint density at radius 1 is 0.974 bits per heavy atom. The van der Waals surface area contributed by atoms with E-state index >= 15 is 0 Å². The van der Waals surface area contributed by atoms with Gasteiger partial charge in [0.05, 0.1) is 12.1 Å². The molecule has 6 heteroatoms. The summed E-state index contributed by atoms with van der Waals surface area (Å²) in [7, 11) is 0. The largest absolute Gasteiger partial charge is 0.507 e. The van der Waals surface area contributed by atoms with E-state index < -0.39 is 0 Å². The monoisotopic (exact) mass is 502 g/mol. The number of rotatable bonds is 7. The van der Waals surface area contributed by atoms with Crippen molar-refractivity contribution in [2.45, 2.75) is 25.4 Å². The van der Waals surface area contributed by atoms with Gasteiger partial charge in [0.2, 0.25) is 5.91 Å². The third-order valence-corrected chi connectivity index (χ3v) is 7.26. The van der Waals surface area contributed by atoms with Gasteiger partial charge >= 0.3 is 0 Å². The summed E-state index contributed by atoms with van der Waals surface area (Å²) < 4.78 is 0. The fourth-order valence-corrected chi connectivity index (χ4v) is 5.31. The van der Waals surface area contributed by atoms with Crippen molar-refractivity contribution >= 4 is 16.8 Å².